The lowest BCUT2D eigenvalue weighted by atomic mass is 10.1. The zero-order valence-corrected chi connectivity index (χ0v) is 18.9. The maximum atomic E-state index is 13.3. The van der Waals surface area contributed by atoms with Crippen LogP contribution in [0.1, 0.15) is 51.4 Å². The van der Waals surface area contributed by atoms with Gasteiger partial charge >= 0.3 is 11.9 Å². The first-order valence-electron chi connectivity index (χ1n) is 11.1. The highest BCUT2D eigenvalue weighted by atomic mass is 16.4. The van der Waals surface area contributed by atoms with E-state index in [4.69, 9.17) is 27.4 Å². The molecule has 1 aliphatic heterocycles. The highest BCUT2D eigenvalue weighted by Gasteiger charge is 2.39. The van der Waals surface area contributed by atoms with Gasteiger partial charge in [-0.25, -0.2) is 4.79 Å². The number of unbranched alkanes of at least 4 members (excludes halogenated alkanes) is 1. The molecule has 1 fully saturated rings. The van der Waals surface area contributed by atoms with Crippen LogP contribution in [0.5, 0.6) is 0 Å². The summed E-state index contributed by atoms with van der Waals surface area (Å²) in [5.41, 5.74) is 16.4. The number of nitrogens with one attached hydrogen (secondary N) is 2. The largest absolute Gasteiger partial charge is 0.481 e. The van der Waals surface area contributed by atoms with Crippen molar-refractivity contribution in [2.75, 3.05) is 13.1 Å². The second-order valence-electron chi connectivity index (χ2n) is 8.14. The van der Waals surface area contributed by atoms with E-state index in [1.807, 2.05) is 0 Å². The third kappa shape index (κ3) is 9.31. The lowest BCUT2D eigenvalue weighted by Gasteiger charge is -2.30. The van der Waals surface area contributed by atoms with Crippen LogP contribution in [-0.4, -0.2) is 87.9 Å². The van der Waals surface area contributed by atoms with Crippen molar-refractivity contribution in [3.8, 4) is 0 Å². The fourth-order valence-electron chi connectivity index (χ4n) is 3.60. The first kappa shape index (κ1) is 28.8. The number of hydrogen-bond acceptors (Lipinski definition) is 8. The smallest absolute Gasteiger partial charge is 0.326 e. The van der Waals surface area contributed by atoms with Crippen LogP contribution in [-0.2, 0) is 28.8 Å². The minimum Gasteiger partial charge on any atom is -0.481 e. The molecule has 4 unspecified atom stereocenters. The van der Waals surface area contributed by atoms with E-state index in [9.17, 15) is 28.8 Å². The second-order valence-corrected chi connectivity index (χ2v) is 8.14. The zero-order chi connectivity index (χ0) is 25.8. The van der Waals surface area contributed by atoms with Gasteiger partial charge in [0.25, 0.3) is 0 Å². The first-order chi connectivity index (χ1) is 16.0. The molecular formula is C20H34N6O8. The molecule has 0 radical (unpaired) electrons. The molecule has 4 amide bonds. The highest BCUT2D eigenvalue weighted by molar-refractivity contribution is 5.95. The molecule has 1 rings (SSSR count). The molecule has 4 atom stereocenters. The van der Waals surface area contributed by atoms with E-state index in [-0.39, 0.29) is 32.2 Å². The Balaban J connectivity index is 2.93. The summed E-state index contributed by atoms with van der Waals surface area (Å²) < 4.78 is 0. The molecule has 0 saturated carbocycles. The van der Waals surface area contributed by atoms with Gasteiger partial charge in [-0.1, -0.05) is 0 Å². The van der Waals surface area contributed by atoms with Gasteiger partial charge in [-0.3, -0.25) is 24.0 Å². The normalized spacial score (nSPS) is 17.9. The second kappa shape index (κ2) is 14.1. The van der Waals surface area contributed by atoms with Crippen LogP contribution in [0.15, 0.2) is 0 Å². The Labute approximate surface area is 196 Å². The van der Waals surface area contributed by atoms with Crippen LogP contribution in [0.4, 0.5) is 0 Å². The SMILES string of the molecule is NCCCCC(NC(=O)C(N)CCC(N)=O)C(=O)N1CCCC1C(=O)NC(CC(=O)O)C(=O)O. The van der Waals surface area contributed by atoms with Crippen LogP contribution < -0.4 is 27.8 Å². The number of aliphatic carboxylic acids is 2. The van der Waals surface area contributed by atoms with Crippen LogP contribution in [0.2, 0.25) is 0 Å². The van der Waals surface area contributed by atoms with Crippen molar-refractivity contribution in [1.29, 1.82) is 0 Å². The van der Waals surface area contributed by atoms with E-state index in [2.05, 4.69) is 10.6 Å². The van der Waals surface area contributed by atoms with Crippen LogP contribution in [0.25, 0.3) is 0 Å². The number of hydrogen-bond donors (Lipinski definition) is 7. The Morgan fingerprint density at radius 2 is 1.68 bits per heavy atom. The molecule has 0 bridgehead atoms. The molecule has 1 aliphatic rings. The molecule has 0 aliphatic carbocycles. The van der Waals surface area contributed by atoms with Crippen LogP contribution in [0.3, 0.4) is 0 Å². The van der Waals surface area contributed by atoms with Crippen molar-refractivity contribution < 1.29 is 39.0 Å². The molecule has 1 saturated heterocycles. The highest BCUT2D eigenvalue weighted by Crippen LogP contribution is 2.20. The first-order valence-corrected chi connectivity index (χ1v) is 11.1. The summed E-state index contributed by atoms with van der Waals surface area (Å²) >= 11 is 0. The molecule has 1 heterocycles. The third-order valence-corrected chi connectivity index (χ3v) is 5.43. The standard InChI is InChI=1S/C20H34N6O8/c21-8-2-1-4-12(24-17(30)11(22)6-7-15(23)27)19(32)26-9-3-5-14(26)18(31)25-13(20(33)34)10-16(28)29/h11-14H,1-10,21-22H2,(H2,23,27)(H,24,30)(H,25,31)(H,28,29)(H,33,34). The van der Waals surface area contributed by atoms with E-state index in [0.29, 0.717) is 25.8 Å². The topological polar surface area (TPSA) is 248 Å². The van der Waals surface area contributed by atoms with Gasteiger partial charge < -0.3 is 42.9 Å². The number of likely N-dealkylation sites (tertiary alicyclic amines) is 1. The number of nitrogens with zero attached hydrogens (tertiary/aromatic N) is 1. The molecule has 0 aromatic heterocycles. The summed E-state index contributed by atoms with van der Waals surface area (Å²) in [6, 6.07) is -4.74. The zero-order valence-electron chi connectivity index (χ0n) is 18.9. The minimum absolute atomic E-state index is 0.000222. The van der Waals surface area contributed by atoms with Gasteiger partial charge in [-0.05, 0) is 45.1 Å². The number of primary amides is 1. The number of nitrogens with two attached hydrogens (primary N) is 3. The predicted molar refractivity (Wildman–Crippen MR) is 118 cm³/mol. The molecule has 0 spiro atoms. The van der Waals surface area contributed by atoms with Crippen molar-refractivity contribution in [2.45, 2.75) is 75.5 Å². The Morgan fingerprint density at radius 1 is 1.00 bits per heavy atom. The van der Waals surface area contributed by atoms with E-state index >= 15 is 0 Å². The maximum Gasteiger partial charge on any atom is 0.326 e. The Hall–Kier alpha value is -3.26. The van der Waals surface area contributed by atoms with Crippen molar-refractivity contribution in [2.24, 2.45) is 17.2 Å². The molecule has 10 N–H and O–H groups in total. The van der Waals surface area contributed by atoms with Crippen molar-refractivity contribution in [1.82, 2.24) is 15.5 Å². The number of carbonyl (C=O) groups is 6. The average Bonchev–Trinajstić information content (AvgIpc) is 3.25. The van der Waals surface area contributed by atoms with E-state index in [1.54, 1.807) is 0 Å². The summed E-state index contributed by atoms with van der Waals surface area (Å²) in [4.78, 5) is 72.8. The van der Waals surface area contributed by atoms with Gasteiger partial charge in [0.05, 0.1) is 12.5 Å². The van der Waals surface area contributed by atoms with Crippen molar-refractivity contribution >= 4 is 35.6 Å². The number of amides is 4. The molecule has 14 heteroatoms. The number of carbonyl (C=O) groups excluding carboxylic acids is 4. The summed E-state index contributed by atoms with van der Waals surface area (Å²) in [6.07, 6.45) is 1.12. The third-order valence-electron chi connectivity index (χ3n) is 5.43. The van der Waals surface area contributed by atoms with Crippen LogP contribution in [0, 0.1) is 0 Å². The lowest BCUT2D eigenvalue weighted by Crippen LogP contribution is -2.57. The predicted octanol–water partition coefficient (Wildman–Crippen LogP) is -2.77. The summed E-state index contributed by atoms with van der Waals surface area (Å²) in [6.45, 7) is 0.576. The Kier molecular flexibility index (Phi) is 11.9. The summed E-state index contributed by atoms with van der Waals surface area (Å²) in [5.74, 6) is -5.52. The van der Waals surface area contributed by atoms with Crippen LogP contribution >= 0.6 is 0 Å². The van der Waals surface area contributed by atoms with Gasteiger partial charge in [-0.15, -0.1) is 0 Å². The molecule has 0 aromatic carbocycles. The van der Waals surface area contributed by atoms with Crippen molar-refractivity contribution in [3.05, 3.63) is 0 Å². The van der Waals surface area contributed by atoms with E-state index in [0.717, 1.165) is 0 Å². The minimum atomic E-state index is -1.65. The Bertz CT molecular complexity index is 776. The quantitative estimate of drug-likeness (QED) is 0.117. The van der Waals surface area contributed by atoms with Gasteiger partial charge in [0, 0.05) is 13.0 Å². The molecule has 0 aromatic rings. The molecule has 192 valence electrons. The van der Waals surface area contributed by atoms with E-state index < -0.39 is 66.2 Å². The number of carboxylic acid groups (broad SMARTS) is 2. The monoisotopic (exact) mass is 486 g/mol. The number of rotatable bonds is 15. The Morgan fingerprint density at radius 3 is 2.24 bits per heavy atom. The van der Waals surface area contributed by atoms with Crippen molar-refractivity contribution in [3.63, 3.8) is 0 Å². The fourth-order valence-corrected chi connectivity index (χ4v) is 3.60. The average molecular weight is 487 g/mol. The fraction of sp³-hybridized carbons (Fsp3) is 0.700. The molecule has 14 nitrogen and oxygen atoms in total. The lowest BCUT2D eigenvalue weighted by molar-refractivity contribution is -0.148. The summed E-state index contributed by atoms with van der Waals surface area (Å²) in [7, 11) is 0. The van der Waals surface area contributed by atoms with Gasteiger partial charge in [0.15, 0.2) is 0 Å². The summed E-state index contributed by atoms with van der Waals surface area (Å²) in [5, 5.41) is 22.8. The number of carboxylic acids is 2. The maximum absolute atomic E-state index is 13.3. The molecular weight excluding hydrogens is 452 g/mol. The van der Waals surface area contributed by atoms with Gasteiger partial charge in [0.2, 0.25) is 23.6 Å². The van der Waals surface area contributed by atoms with Gasteiger partial charge in [-0.2, -0.15) is 0 Å². The van der Waals surface area contributed by atoms with E-state index in [1.165, 1.54) is 4.90 Å². The van der Waals surface area contributed by atoms with Gasteiger partial charge in [0.1, 0.15) is 18.1 Å². The molecule has 34 heavy (non-hydrogen) atoms.